The van der Waals surface area contributed by atoms with E-state index in [9.17, 15) is 13.5 Å². The predicted octanol–water partition coefficient (Wildman–Crippen LogP) is 2.32. The fourth-order valence-electron chi connectivity index (χ4n) is 2.59. The predicted molar refractivity (Wildman–Crippen MR) is 71.2 cm³/mol. The molecule has 2 rings (SSSR count). The van der Waals surface area contributed by atoms with Gasteiger partial charge in [0, 0.05) is 0 Å². The lowest BCUT2D eigenvalue weighted by Crippen LogP contribution is -2.18. The van der Waals surface area contributed by atoms with Gasteiger partial charge in [0.15, 0.2) is 9.84 Å². The Morgan fingerprint density at radius 3 is 2.72 bits per heavy atom. The molecule has 1 fully saturated rings. The minimum absolute atomic E-state index is 0.137. The number of aliphatic hydroxyl groups is 1. The van der Waals surface area contributed by atoms with E-state index in [-0.39, 0.29) is 17.8 Å². The van der Waals surface area contributed by atoms with E-state index in [1.807, 2.05) is 13.0 Å². The molecule has 1 aliphatic carbocycles. The standard InChI is InChI=1S/C14H20O3S/c1-11-4-2-6-13(10-11)18(16,17)9-8-12-5-3-7-14(12)15/h2,4,6,10,12,14-15H,3,5,7-9H2,1H3. The highest BCUT2D eigenvalue weighted by Crippen LogP contribution is 2.29. The molecule has 0 saturated heterocycles. The molecular formula is C14H20O3S. The summed E-state index contributed by atoms with van der Waals surface area (Å²) >= 11 is 0. The fourth-order valence-corrected chi connectivity index (χ4v) is 4.09. The van der Waals surface area contributed by atoms with Gasteiger partial charge in [0.25, 0.3) is 0 Å². The summed E-state index contributed by atoms with van der Waals surface area (Å²) < 4.78 is 24.3. The Morgan fingerprint density at radius 2 is 2.11 bits per heavy atom. The molecule has 0 amide bonds. The molecule has 2 atom stereocenters. The van der Waals surface area contributed by atoms with Crippen LogP contribution in [0, 0.1) is 12.8 Å². The number of aryl methyl sites for hydroxylation is 1. The van der Waals surface area contributed by atoms with Crippen molar-refractivity contribution in [2.24, 2.45) is 5.92 Å². The van der Waals surface area contributed by atoms with Crippen LogP contribution in [0.15, 0.2) is 29.2 Å². The molecular weight excluding hydrogens is 248 g/mol. The first-order chi connectivity index (χ1) is 8.49. The van der Waals surface area contributed by atoms with Gasteiger partial charge in [-0.1, -0.05) is 18.6 Å². The molecule has 3 nitrogen and oxygen atoms in total. The Balaban J connectivity index is 2.03. The highest BCUT2D eigenvalue weighted by atomic mass is 32.2. The zero-order valence-corrected chi connectivity index (χ0v) is 11.5. The van der Waals surface area contributed by atoms with E-state index in [4.69, 9.17) is 0 Å². The summed E-state index contributed by atoms with van der Waals surface area (Å²) in [6.07, 6.45) is 3.03. The van der Waals surface area contributed by atoms with Crippen LogP contribution in [-0.4, -0.2) is 25.4 Å². The van der Waals surface area contributed by atoms with Crippen LogP contribution >= 0.6 is 0 Å². The summed E-state index contributed by atoms with van der Waals surface area (Å²) in [5, 5.41) is 9.71. The number of hydrogen-bond donors (Lipinski definition) is 1. The van der Waals surface area contributed by atoms with E-state index in [1.54, 1.807) is 18.2 Å². The lowest BCUT2D eigenvalue weighted by atomic mass is 10.0. The number of benzene rings is 1. The Kier molecular flexibility index (Phi) is 4.07. The van der Waals surface area contributed by atoms with Crippen LogP contribution in [0.5, 0.6) is 0 Å². The molecule has 0 bridgehead atoms. The monoisotopic (exact) mass is 268 g/mol. The minimum Gasteiger partial charge on any atom is -0.393 e. The topological polar surface area (TPSA) is 54.4 Å². The largest absolute Gasteiger partial charge is 0.393 e. The average molecular weight is 268 g/mol. The lowest BCUT2D eigenvalue weighted by Gasteiger charge is -2.14. The van der Waals surface area contributed by atoms with Crippen LogP contribution < -0.4 is 0 Å². The maximum atomic E-state index is 12.2. The van der Waals surface area contributed by atoms with Crippen molar-refractivity contribution < 1.29 is 13.5 Å². The highest BCUT2D eigenvalue weighted by Gasteiger charge is 2.27. The van der Waals surface area contributed by atoms with Crippen molar-refractivity contribution in [2.45, 2.75) is 43.6 Å². The molecule has 0 heterocycles. The molecule has 0 aromatic heterocycles. The smallest absolute Gasteiger partial charge is 0.178 e. The van der Waals surface area contributed by atoms with Gasteiger partial charge in [-0.25, -0.2) is 8.42 Å². The van der Waals surface area contributed by atoms with Crippen molar-refractivity contribution in [2.75, 3.05) is 5.75 Å². The summed E-state index contributed by atoms with van der Waals surface area (Å²) in [7, 11) is -3.20. The third-order valence-corrected chi connectivity index (χ3v) is 5.47. The van der Waals surface area contributed by atoms with Gasteiger partial charge in [0.05, 0.1) is 16.8 Å². The molecule has 1 N–H and O–H groups in total. The van der Waals surface area contributed by atoms with Gasteiger partial charge in [-0.05, 0) is 49.8 Å². The van der Waals surface area contributed by atoms with E-state index in [1.165, 1.54) is 0 Å². The van der Waals surface area contributed by atoms with E-state index >= 15 is 0 Å². The van der Waals surface area contributed by atoms with Crippen molar-refractivity contribution in [1.82, 2.24) is 0 Å². The molecule has 1 aliphatic rings. The summed E-state index contributed by atoms with van der Waals surface area (Å²) in [4.78, 5) is 0.398. The Labute approximate surface area is 109 Å². The molecule has 100 valence electrons. The molecule has 2 unspecified atom stereocenters. The summed E-state index contributed by atoms with van der Waals surface area (Å²) in [5.41, 5.74) is 0.956. The molecule has 18 heavy (non-hydrogen) atoms. The molecule has 4 heteroatoms. The number of rotatable bonds is 4. The molecule has 1 saturated carbocycles. The minimum atomic E-state index is -3.20. The average Bonchev–Trinajstić information content (AvgIpc) is 2.72. The van der Waals surface area contributed by atoms with E-state index in [2.05, 4.69) is 0 Å². The van der Waals surface area contributed by atoms with Gasteiger partial charge in [-0.15, -0.1) is 0 Å². The first-order valence-corrected chi connectivity index (χ1v) is 8.12. The van der Waals surface area contributed by atoms with Crippen LogP contribution in [-0.2, 0) is 9.84 Å². The van der Waals surface area contributed by atoms with Crippen LogP contribution in [0.2, 0.25) is 0 Å². The SMILES string of the molecule is Cc1cccc(S(=O)(=O)CCC2CCCC2O)c1. The van der Waals surface area contributed by atoms with E-state index in [0.717, 1.165) is 24.8 Å². The van der Waals surface area contributed by atoms with Gasteiger partial charge >= 0.3 is 0 Å². The van der Waals surface area contributed by atoms with Crippen molar-refractivity contribution in [1.29, 1.82) is 0 Å². The van der Waals surface area contributed by atoms with Crippen molar-refractivity contribution in [3.05, 3.63) is 29.8 Å². The highest BCUT2D eigenvalue weighted by molar-refractivity contribution is 7.91. The third kappa shape index (κ3) is 3.12. The molecule has 0 radical (unpaired) electrons. The van der Waals surface area contributed by atoms with Crippen molar-refractivity contribution >= 4 is 9.84 Å². The fraction of sp³-hybridized carbons (Fsp3) is 0.571. The van der Waals surface area contributed by atoms with Gasteiger partial charge in [-0.3, -0.25) is 0 Å². The molecule has 1 aromatic carbocycles. The second kappa shape index (κ2) is 5.41. The normalized spacial score (nSPS) is 24.3. The number of aliphatic hydroxyl groups excluding tert-OH is 1. The maximum absolute atomic E-state index is 12.2. The first-order valence-electron chi connectivity index (χ1n) is 6.46. The van der Waals surface area contributed by atoms with Gasteiger partial charge in [-0.2, -0.15) is 0 Å². The Hall–Kier alpha value is -0.870. The Bertz CT molecular complexity index is 508. The molecule has 0 aliphatic heterocycles. The summed E-state index contributed by atoms with van der Waals surface area (Å²) in [5.74, 6) is 0.294. The van der Waals surface area contributed by atoms with Crippen LogP contribution in [0.3, 0.4) is 0 Å². The third-order valence-electron chi connectivity index (χ3n) is 3.72. The first kappa shape index (κ1) is 13.6. The summed E-state index contributed by atoms with van der Waals surface area (Å²) in [6.45, 7) is 1.89. The lowest BCUT2D eigenvalue weighted by molar-refractivity contribution is 0.131. The molecule has 1 aromatic rings. The van der Waals surface area contributed by atoms with Gasteiger partial charge in [0.2, 0.25) is 0 Å². The second-order valence-electron chi connectivity index (χ2n) is 5.18. The van der Waals surface area contributed by atoms with E-state index < -0.39 is 9.84 Å². The zero-order chi connectivity index (χ0) is 13.2. The van der Waals surface area contributed by atoms with Gasteiger partial charge in [0.1, 0.15) is 0 Å². The quantitative estimate of drug-likeness (QED) is 0.911. The zero-order valence-electron chi connectivity index (χ0n) is 10.7. The number of hydrogen-bond acceptors (Lipinski definition) is 3. The van der Waals surface area contributed by atoms with Crippen molar-refractivity contribution in [3.63, 3.8) is 0 Å². The van der Waals surface area contributed by atoms with Crippen LogP contribution in [0.4, 0.5) is 0 Å². The summed E-state index contributed by atoms with van der Waals surface area (Å²) in [6, 6.07) is 7.01. The van der Waals surface area contributed by atoms with E-state index in [0.29, 0.717) is 11.3 Å². The maximum Gasteiger partial charge on any atom is 0.178 e. The van der Waals surface area contributed by atoms with Crippen LogP contribution in [0.1, 0.15) is 31.2 Å². The van der Waals surface area contributed by atoms with Crippen molar-refractivity contribution in [3.8, 4) is 0 Å². The number of sulfone groups is 1. The Morgan fingerprint density at radius 1 is 1.33 bits per heavy atom. The molecule has 0 spiro atoms. The van der Waals surface area contributed by atoms with Gasteiger partial charge < -0.3 is 5.11 Å². The van der Waals surface area contributed by atoms with Crippen LogP contribution in [0.25, 0.3) is 0 Å². The second-order valence-corrected chi connectivity index (χ2v) is 7.29.